The van der Waals surface area contributed by atoms with E-state index >= 15 is 0 Å². The third kappa shape index (κ3) is 3.71. The zero-order valence-electron chi connectivity index (χ0n) is 12.8. The van der Waals surface area contributed by atoms with Crippen molar-refractivity contribution in [1.82, 2.24) is 10.2 Å². The number of likely N-dealkylation sites (tertiary alicyclic amines) is 1. The van der Waals surface area contributed by atoms with E-state index in [0.29, 0.717) is 6.04 Å². The van der Waals surface area contributed by atoms with Gasteiger partial charge in [-0.15, -0.1) is 0 Å². The monoisotopic (exact) mass is 252 g/mol. The van der Waals surface area contributed by atoms with Gasteiger partial charge in [0.15, 0.2) is 0 Å². The lowest BCUT2D eigenvalue weighted by Crippen LogP contribution is -2.48. The molecule has 0 radical (unpaired) electrons. The topological polar surface area (TPSA) is 15.3 Å². The lowest BCUT2D eigenvalue weighted by atomic mass is 9.79. The highest BCUT2D eigenvalue weighted by Crippen LogP contribution is 2.30. The summed E-state index contributed by atoms with van der Waals surface area (Å²) in [7, 11) is 2.25. The van der Waals surface area contributed by atoms with Crippen molar-refractivity contribution in [1.29, 1.82) is 0 Å². The molecule has 0 spiro atoms. The highest BCUT2D eigenvalue weighted by atomic mass is 15.1. The number of hydrogen-bond donors (Lipinski definition) is 1. The van der Waals surface area contributed by atoms with E-state index in [1.54, 1.807) is 0 Å². The van der Waals surface area contributed by atoms with Crippen LogP contribution in [0.5, 0.6) is 0 Å². The molecular weight excluding hydrogens is 220 g/mol. The number of nitrogens with zero attached hydrogens (tertiary/aromatic N) is 1. The normalized spacial score (nSPS) is 37.7. The van der Waals surface area contributed by atoms with Crippen LogP contribution in [0.15, 0.2) is 0 Å². The third-order valence-corrected chi connectivity index (χ3v) is 5.38. The molecule has 2 nitrogen and oxygen atoms in total. The summed E-state index contributed by atoms with van der Waals surface area (Å²) in [5, 5.41) is 3.96. The Hall–Kier alpha value is -0.0800. The van der Waals surface area contributed by atoms with Gasteiger partial charge in [-0.1, -0.05) is 13.8 Å². The molecule has 0 aromatic rings. The first-order chi connectivity index (χ1) is 8.56. The third-order valence-electron chi connectivity index (χ3n) is 5.38. The minimum Gasteiger partial charge on any atom is -0.311 e. The van der Waals surface area contributed by atoms with Gasteiger partial charge in [-0.05, 0) is 76.9 Å². The standard InChI is InChI=1S/C16H32N2/c1-12-5-6-16(13(2)11-12)17-14(3)15-7-9-18(4)10-8-15/h12-17H,5-11H2,1-4H3. The van der Waals surface area contributed by atoms with Gasteiger partial charge in [0, 0.05) is 12.1 Å². The fourth-order valence-electron chi connectivity index (χ4n) is 3.92. The van der Waals surface area contributed by atoms with Crippen LogP contribution in [0.25, 0.3) is 0 Å². The first kappa shape index (κ1) is 14.3. The van der Waals surface area contributed by atoms with Crippen LogP contribution in [-0.2, 0) is 0 Å². The number of hydrogen-bond acceptors (Lipinski definition) is 2. The Labute approximate surface area is 114 Å². The van der Waals surface area contributed by atoms with E-state index in [9.17, 15) is 0 Å². The van der Waals surface area contributed by atoms with Crippen molar-refractivity contribution in [2.24, 2.45) is 17.8 Å². The van der Waals surface area contributed by atoms with Crippen LogP contribution < -0.4 is 5.32 Å². The lowest BCUT2D eigenvalue weighted by Gasteiger charge is -2.39. The molecule has 0 amide bonds. The van der Waals surface area contributed by atoms with Crippen LogP contribution in [0.1, 0.15) is 52.9 Å². The Balaban J connectivity index is 1.78. The molecule has 1 aliphatic heterocycles. The van der Waals surface area contributed by atoms with Gasteiger partial charge >= 0.3 is 0 Å². The van der Waals surface area contributed by atoms with Crippen molar-refractivity contribution in [2.45, 2.75) is 65.0 Å². The highest BCUT2D eigenvalue weighted by molar-refractivity contribution is 4.86. The Morgan fingerprint density at radius 1 is 1.06 bits per heavy atom. The van der Waals surface area contributed by atoms with Gasteiger partial charge < -0.3 is 10.2 Å². The fourth-order valence-corrected chi connectivity index (χ4v) is 3.92. The van der Waals surface area contributed by atoms with Crippen LogP contribution in [0.2, 0.25) is 0 Å². The fraction of sp³-hybridized carbons (Fsp3) is 1.00. The second kappa shape index (κ2) is 6.38. The summed E-state index contributed by atoms with van der Waals surface area (Å²) in [6, 6.07) is 1.48. The highest BCUT2D eigenvalue weighted by Gasteiger charge is 2.29. The Bertz CT molecular complexity index is 245. The molecule has 0 bridgehead atoms. The molecule has 0 aromatic carbocycles. The Kier molecular flexibility index (Phi) is 5.08. The molecule has 2 fully saturated rings. The Morgan fingerprint density at radius 3 is 2.33 bits per heavy atom. The lowest BCUT2D eigenvalue weighted by molar-refractivity contribution is 0.156. The van der Waals surface area contributed by atoms with Crippen LogP contribution in [-0.4, -0.2) is 37.1 Å². The van der Waals surface area contributed by atoms with E-state index in [2.05, 4.69) is 38.0 Å². The zero-order valence-corrected chi connectivity index (χ0v) is 12.8. The molecule has 0 aromatic heterocycles. The molecule has 2 rings (SSSR count). The van der Waals surface area contributed by atoms with E-state index in [4.69, 9.17) is 0 Å². The van der Waals surface area contributed by atoms with Gasteiger partial charge in [-0.25, -0.2) is 0 Å². The summed E-state index contributed by atoms with van der Waals surface area (Å²) < 4.78 is 0. The SMILES string of the molecule is CC1CCC(NC(C)C2CCN(C)CC2)C(C)C1. The molecule has 1 saturated heterocycles. The van der Waals surface area contributed by atoms with Crippen LogP contribution in [0.3, 0.4) is 0 Å². The van der Waals surface area contributed by atoms with E-state index < -0.39 is 0 Å². The average Bonchev–Trinajstić information content (AvgIpc) is 2.33. The van der Waals surface area contributed by atoms with Crippen molar-refractivity contribution in [3.63, 3.8) is 0 Å². The molecular formula is C16H32N2. The smallest absolute Gasteiger partial charge is 0.00954 e. The molecule has 2 heteroatoms. The minimum atomic E-state index is 0.708. The van der Waals surface area contributed by atoms with Crippen LogP contribution in [0.4, 0.5) is 0 Å². The van der Waals surface area contributed by atoms with E-state index in [1.165, 1.54) is 45.2 Å². The molecule has 1 saturated carbocycles. The van der Waals surface area contributed by atoms with Crippen molar-refractivity contribution >= 4 is 0 Å². The maximum Gasteiger partial charge on any atom is 0.00954 e. The molecule has 1 N–H and O–H groups in total. The second-order valence-corrected chi connectivity index (χ2v) is 7.10. The van der Waals surface area contributed by atoms with E-state index in [0.717, 1.165) is 23.8 Å². The molecule has 18 heavy (non-hydrogen) atoms. The minimum absolute atomic E-state index is 0.708. The predicted octanol–water partition coefficient (Wildman–Crippen LogP) is 3.13. The van der Waals surface area contributed by atoms with Crippen molar-refractivity contribution in [3.8, 4) is 0 Å². The van der Waals surface area contributed by atoms with Crippen LogP contribution >= 0.6 is 0 Å². The van der Waals surface area contributed by atoms with E-state index in [1.807, 2.05) is 0 Å². The number of nitrogens with one attached hydrogen (secondary N) is 1. The van der Waals surface area contributed by atoms with Crippen molar-refractivity contribution in [3.05, 3.63) is 0 Å². The van der Waals surface area contributed by atoms with Gasteiger partial charge in [-0.3, -0.25) is 0 Å². The summed E-state index contributed by atoms with van der Waals surface area (Å²) >= 11 is 0. The van der Waals surface area contributed by atoms with Gasteiger partial charge in [0.1, 0.15) is 0 Å². The molecule has 1 aliphatic carbocycles. The molecule has 106 valence electrons. The van der Waals surface area contributed by atoms with Crippen molar-refractivity contribution < 1.29 is 0 Å². The Morgan fingerprint density at radius 2 is 1.72 bits per heavy atom. The summed E-state index contributed by atoms with van der Waals surface area (Å²) in [4.78, 5) is 2.47. The molecule has 2 aliphatic rings. The molecule has 1 heterocycles. The first-order valence-electron chi connectivity index (χ1n) is 8.01. The van der Waals surface area contributed by atoms with Crippen LogP contribution in [0, 0.1) is 17.8 Å². The summed E-state index contributed by atoms with van der Waals surface area (Å²) in [5.74, 6) is 2.70. The summed E-state index contributed by atoms with van der Waals surface area (Å²) in [5.41, 5.74) is 0. The molecule has 4 atom stereocenters. The van der Waals surface area contributed by atoms with Gasteiger partial charge in [0.05, 0.1) is 0 Å². The zero-order chi connectivity index (χ0) is 13.1. The largest absolute Gasteiger partial charge is 0.311 e. The maximum atomic E-state index is 3.96. The summed E-state index contributed by atoms with van der Waals surface area (Å²) in [6.07, 6.45) is 6.98. The number of piperidine rings is 1. The van der Waals surface area contributed by atoms with Gasteiger partial charge in [-0.2, -0.15) is 0 Å². The predicted molar refractivity (Wildman–Crippen MR) is 78.8 cm³/mol. The maximum absolute atomic E-state index is 3.96. The summed E-state index contributed by atoms with van der Waals surface area (Å²) in [6.45, 7) is 9.84. The quantitative estimate of drug-likeness (QED) is 0.830. The van der Waals surface area contributed by atoms with Gasteiger partial charge in [0.2, 0.25) is 0 Å². The first-order valence-corrected chi connectivity index (χ1v) is 8.01. The second-order valence-electron chi connectivity index (χ2n) is 7.10. The van der Waals surface area contributed by atoms with Crippen molar-refractivity contribution in [2.75, 3.05) is 20.1 Å². The van der Waals surface area contributed by atoms with Gasteiger partial charge in [0.25, 0.3) is 0 Å². The average molecular weight is 252 g/mol. The molecule has 4 unspecified atom stereocenters. The van der Waals surface area contributed by atoms with E-state index in [-0.39, 0.29) is 0 Å². The number of rotatable bonds is 3.